The van der Waals surface area contributed by atoms with Gasteiger partial charge in [0.1, 0.15) is 5.82 Å². The third-order valence-electron chi connectivity index (χ3n) is 5.06. The zero-order valence-corrected chi connectivity index (χ0v) is 17.1. The molecule has 0 fully saturated rings. The molecule has 0 atom stereocenters. The van der Waals surface area contributed by atoms with Crippen LogP contribution in [-0.2, 0) is 17.8 Å². The van der Waals surface area contributed by atoms with Gasteiger partial charge in [0.15, 0.2) is 0 Å². The molecule has 0 spiro atoms. The molecule has 2 aromatic carbocycles. The van der Waals surface area contributed by atoms with E-state index >= 15 is 0 Å². The van der Waals surface area contributed by atoms with Gasteiger partial charge in [0.05, 0.1) is 6.42 Å². The standard InChI is InChI=1S/C23H28FN3O/c1-16-5-10-22-21(13-16)20(17(2)25-22)14-23(28)27(12-11-26(3)4)15-18-6-8-19(24)9-7-18/h5-10,13,25H,11-12,14-15H2,1-4H3. The average molecular weight is 381 g/mol. The topological polar surface area (TPSA) is 39.3 Å². The maximum absolute atomic E-state index is 13.2. The fraction of sp³-hybridized carbons (Fsp3) is 0.348. The maximum Gasteiger partial charge on any atom is 0.227 e. The van der Waals surface area contributed by atoms with Crippen LogP contribution in [0.25, 0.3) is 10.9 Å². The number of H-pyrrole nitrogens is 1. The molecule has 0 unspecified atom stereocenters. The van der Waals surface area contributed by atoms with Crippen molar-refractivity contribution in [3.63, 3.8) is 0 Å². The molecule has 148 valence electrons. The summed E-state index contributed by atoms with van der Waals surface area (Å²) in [5.41, 5.74) is 5.25. The van der Waals surface area contributed by atoms with Crippen molar-refractivity contribution in [3.8, 4) is 0 Å². The summed E-state index contributed by atoms with van der Waals surface area (Å²) in [5.74, 6) is -0.184. The van der Waals surface area contributed by atoms with Gasteiger partial charge in [-0.15, -0.1) is 0 Å². The Labute approximate surface area is 166 Å². The van der Waals surface area contributed by atoms with Gasteiger partial charge in [0.25, 0.3) is 0 Å². The molecule has 0 saturated heterocycles. The molecule has 0 aliphatic carbocycles. The lowest BCUT2D eigenvalue weighted by atomic mass is 10.0. The second-order valence-corrected chi connectivity index (χ2v) is 7.70. The Morgan fingerprint density at radius 2 is 1.75 bits per heavy atom. The van der Waals surface area contributed by atoms with Gasteiger partial charge in [0.2, 0.25) is 5.91 Å². The van der Waals surface area contributed by atoms with Crippen molar-refractivity contribution in [3.05, 3.63) is 70.7 Å². The first-order chi connectivity index (χ1) is 13.3. The van der Waals surface area contributed by atoms with Gasteiger partial charge in [-0.05, 0) is 63.3 Å². The van der Waals surface area contributed by atoms with E-state index in [2.05, 4.69) is 35.0 Å². The number of hydrogen-bond donors (Lipinski definition) is 1. The molecule has 5 heteroatoms. The Hall–Kier alpha value is -2.66. The normalized spacial score (nSPS) is 11.4. The molecule has 0 aliphatic rings. The molecule has 0 aliphatic heterocycles. The fourth-order valence-corrected chi connectivity index (χ4v) is 3.41. The van der Waals surface area contributed by atoms with Crippen LogP contribution in [0.2, 0.25) is 0 Å². The molecule has 4 nitrogen and oxygen atoms in total. The number of hydrogen-bond acceptors (Lipinski definition) is 2. The summed E-state index contributed by atoms with van der Waals surface area (Å²) in [6.07, 6.45) is 0.351. The van der Waals surface area contributed by atoms with Gasteiger partial charge in [-0.2, -0.15) is 0 Å². The number of nitrogens with one attached hydrogen (secondary N) is 1. The maximum atomic E-state index is 13.2. The van der Waals surface area contributed by atoms with E-state index in [9.17, 15) is 9.18 Å². The van der Waals surface area contributed by atoms with Gasteiger partial charge < -0.3 is 14.8 Å². The van der Waals surface area contributed by atoms with E-state index < -0.39 is 0 Å². The second kappa shape index (κ2) is 8.57. The number of benzene rings is 2. The van der Waals surface area contributed by atoms with Crippen molar-refractivity contribution in [2.24, 2.45) is 0 Å². The number of aromatic amines is 1. The number of carbonyl (C=O) groups excluding carboxylic acids is 1. The Kier molecular flexibility index (Phi) is 6.15. The molecule has 1 N–H and O–H groups in total. The Balaban J connectivity index is 1.83. The van der Waals surface area contributed by atoms with Crippen LogP contribution in [0.5, 0.6) is 0 Å². The van der Waals surface area contributed by atoms with E-state index in [1.54, 1.807) is 12.1 Å². The molecule has 28 heavy (non-hydrogen) atoms. The number of aryl methyl sites for hydroxylation is 2. The fourth-order valence-electron chi connectivity index (χ4n) is 3.41. The monoisotopic (exact) mass is 381 g/mol. The van der Waals surface area contributed by atoms with Crippen LogP contribution in [0.1, 0.15) is 22.4 Å². The van der Waals surface area contributed by atoms with Crippen molar-refractivity contribution in [2.45, 2.75) is 26.8 Å². The highest BCUT2D eigenvalue weighted by Crippen LogP contribution is 2.24. The summed E-state index contributed by atoms with van der Waals surface area (Å²) in [6, 6.07) is 12.6. The molecule has 0 bridgehead atoms. The summed E-state index contributed by atoms with van der Waals surface area (Å²) in [7, 11) is 3.99. The van der Waals surface area contributed by atoms with Gasteiger partial charge in [-0.3, -0.25) is 4.79 Å². The van der Waals surface area contributed by atoms with Crippen LogP contribution in [0.15, 0.2) is 42.5 Å². The van der Waals surface area contributed by atoms with E-state index in [-0.39, 0.29) is 11.7 Å². The van der Waals surface area contributed by atoms with E-state index in [0.717, 1.165) is 34.3 Å². The lowest BCUT2D eigenvalue weighted by Gasteiger charge is -2.25. The number of likely N-dealkylation sites (N-methyl/N-ethyl adjacent to an activating group) is 1. The summed E-state index contributed by atoms with van der Waals surface area (Å²) in [5, 5.41) is 1.11. The van der Waals surface area contributed by atoms with Crippen LogP contribution < -0.4 is 0 Å². The molecule has 0 saturated carbocycles. The largest absolute Gasteiger partial charge is 0.358 e. The molecular weight excluding hydrogens is 353 g/mol. The van der Waals surface area contributed by atoms with Crippen LogP contribution in [0.3, 0.4) is 0 Å². The lowest BCUT2D eigenvalue weighted by Crippen LogP contribution is -2.37. The van der Waals surface area contributed by atoms with Crippen molar-refractivity contribution < 1.29 is 9.18 Å². The highest BCUT2D eigenvalue weighted by molar-refractivity contribution is 5.90. The minimum Gasteiger partial charge on any atom is -0.358 e. The first kappa shape index (κ1) is 20.1. The predicted molar refractivity (Wildman–Crippen MR) is 112 cm³/mol. The molecule has 1 amide bonds. The number of halogens is 1. The van der Waals surface area contributed by atoms with Gasteiger partial charge in [-0.1, -0.05) is 23.8 Å². The number of nitrogens with zero attached hydrogens (tertiary/aromatic N) is 2. The van der Waals surface area contributed by atoms with Gasteiger partial charge >= 0.3 is 0 Å². The Morgan fingerprint density at radius 3 is 2.43 bits per heavy atom. The summed E-state index contributed by atoms with van der Waals surface area (Å²) >= 11 is 0. The molecule has 3 rings (SSSR count). The smallest absolute Gasteiger partial charge is 0.227 e. The minimum absolute atomic E-state index is 0.0803. The number of carbonyl (C=O) groups is 1. The summed E-state index contributed by atoms with van der Waals surface area (Å²) in [4.78, 5) is 20.5. The number of rotatable bonds is 7. The van der Waals surface area contributed by atoms with Crippen LogP contribution in [-0.4, -0.2) is 47.9 Å². The predicted octanol–water partition coefficient (Wildman–Crippen LogP) is 4.06. The number of fused-ring (bicyclic) bond motifs is 1. The third-order valence-corrected chi connectivity index (χ3v) is 5.06. The van der Waals surface area contributed by atoms with Crippen molar-refractivity contribution in [1.82, 2.24) is 14.8 Å². The highest BCUT2D eigenvalue weighted by Gasteiger charge is 2.19. The van der Waals surface area contributed by atoms with E-state index in [1.807, 2.05) is 25.9 Å². The molecule has 0 radical (unpaired) electrons. The van der Waals surface area contributed by atoms with Crippen LogP contribution in [0.4, 0.5) is 4.39 Å². The molecule has 1 heterocycles. The van der Waals surface area contributed by atoms with Crippen LogP contribution >= 0.6 is 0 Å². The van der Waals surface area contributed by atoms with Crippen LogP contribution in [0, 0.1) is 19.7 Å². The van der Waals surface area contributed by atoms with E-state index in [0.29, 0.717) is 19.5 Å². The quantitative estimate of drug-likeness (QED) is 0.670. The van der Waals surface area contributed by atoms with Crippen molar-refractivity contribution >= 4 is 16.8 Å². The SMILES string of the molecule is Cc1ccc2[nH]c(C)c(CC(=O)N(CCN(C)C)Cc3ccc(F)cc3)c2c1. The van der Waals surface area contributed by atoms with E-state index in [1.165, 1.54) is 17.7 Å². The zero-order valence-electron chi connectivity index (χ0n) is 17.1. The summed E-state index contributed by atoms with van der Waals surface area (Å²) in [6.45, 7) is 5.96. The zero-order chi connectivity index (χ0) is 20.3. The molecular formula is C23H28FN3O. The van der Waals surface area contributed by atoms with Crippen molar-refractivity contribution in [2.75, 3.05) is 27.2 Å². The third kappa shape index (κ3) is 4.78. The first-order valence-electron chi connectivity index (χ1n) is 9.58. The Bertz CT molecular complexity index is 960. The second-order valence-electron chi connectivity index (χ2n) is 7.70. The molecule has 1 aromatic heterocycles. The van der Waals surface area contributed by atoms with Gasteiger partial charge in [-0.25, -0.2) is 4.39 Å². The minimum atomic E-state index is -0.264. The molecule has 3 aromatic rings. The highest BCUT2D eigenvalue weighted by atomic mass is 19.1. The lowest BCUT2D eigenvalue weighted by molar-refractivity contribution is -0.131. The van der Waals surface area contributed by atoms with E-state index in [4.69, 9.17) is 0 Å². The average Bonchev–Trinajstić information content (AvgIpc) is 2.95. The summed E-state index contributed by atoms with van der Waals surface area (Å²) < 4.78 is 13.2. The van der Waals surface area contributed by atoms with Gasteiger partial charge in [0, 0.05) is 36.2 Å². The number of amides is 1. The Morgan fingerprint density at radius 1 is 1.04 bits per heavy atom. The van der Waals surface area contributed by atoms with Crippen molar-refractivity contribution in [1.29, 1.82) is 0 Å². The number of aromatic nitrogens is 1. The first-order valence-corrected chi connectivity index (χ1v) is 9.58.